The molecule has 0 amide bonds. The number of furan rings is 1. The molecule has 0 aliphatic heterocycles. The van der Waals surface area contributed by atoms with Crippen LogP contribution in [0.2, 0.25) is 0 Å². The Morgan fingerprint density at radius 1 is 0.672 bits per heavy atom. The highest BCUT2D eigenvalue weighted by atomic mass is 32.1. The van der Waals surface area contributed by atoms with E-state index in [0.717, 1.165) is 67.4 Å². The Morgan fingerprint density at radius 2 is 1.45 bits per heavy atom. The van der Waals surface area contributed by atoms with Gasteiger partial charge in [-0.2, -0.15) is 0 Å². The fraction of sp³-hybridized carbons (Fsp3) is 0.111. The summed E-state index contributed by atoms with van der Waals surface area (Å²) in [5.41, 5.74) is 12.9. The molecule has 12 rings (SSSR count). The third-order valence-electron chi connectivity index (χ3n) is 12.6. The quantitative estimate of drug-likeness (QED) is 0.174. The van der Waals surface area contributed by atoms with Crippen molar-refractivity contribution in [3.63, 3.8) is 0 Å². The summed E-state index contributed by atoms with van der Waals surface area (Å²) in [6.45, 7) is 4.69. The first kappa shape index (κ1) is 33.5. The van der Waals surface area contributed by atoms with Crippen molar-refractivity contribution in [2.24, 2.45) is 5.92 Å². The van der Waals surface area contributed by atoms with Gasteiger partial charge in [0.15, 0.2) is 0 Å². The van der Waals surface area contributed by atoms with Gasteiger partial charge in [-0.05, 0) is 113 Å². The largest absolute Gasteiger partial charge is 0.456 e. The van der Waals surface area contributed by atoms with Gasteiger partial charge in [0.2, 0.25) is 0 Å². The van der Waals surface area contributed by atoms with Crippen molar-refractivity contribution < 1.29 is 9.15 Å². The van der Waals surface area contributed by atoms with Crippen molar-refractivity contribution in [2.45, 2.75) is 32.1 Å². The molecule has 0 bridgehead atoms. The number of hydrogen-bond donors (Lipinski definition) is 0. The first-order chi connectivity index (χ1) is 28.6. The third kappa shape index (κ3) is 5.04. The lowest BCUT2D eigenvalue weighted by Crippen LogP contribution is -2.07. The molecule has 3 aromatic heterocycles. The SMILES string of the molecule is CC1C=Cc2sc3ccc(C(C)C4c5ccccc5-c5c(Oc6cccc7c6c6ccccc6n7-c6ccc7oc8ccccc8c7c6)cccc54)cc3c2C=CC1. The molecule has 10 aromatic rings. The van der Waals surface area contributed by atoms with E-state index in [4.69, 9.17) is 9.15 Å². The average molecular weight is 766 g/mol. The lowest BCUT2D eigenvalue weighted by atomic mass is 9.81. The second kappa shape index (κ2) is 13.0. The topological polar surface area (TPSA) is 27.3 Å². The summed E-state index contributed by atoms with van der Waals surface area (Å²) in [6.07, 6.45) is 10.5. The molecule has 0 N–H and O–H groups in total. The van der Waals surface area contributed by atoms with Gasteiger partial charge in [0.1, 0.15) is 22.7 Å². The number of fused-ring (bicyclic) bond motifs is 12. The normalized spacial score (nSPS) is 16.5. The van der Waals surface area contributed by atoms with Gasteiger partial charge in [-0.1, -0.05) is 117 Å². The molecule has 0 saturated carbocycles. The number of allylic oxidation sites excluding steroid dienone is 2. The van der Waals surface area contributed by atoms with E-state index in [2.05, 4.69) is 176 Å². The van der Waals surface area contributed by atoms with Gasteiger partial charge in [-0.25, -0.2) is 0 Å². The number of benzene rings is 7. The second-order valence-electron chi connectivity index (χ2n) is 16.1. The van der Waals surface area contributed by atoms with Gasteiger partial charge in [0.05, 0.1) is 16.4 Å². The van der Waals surface area contributed by atoms with Gasteiger partial charge in [0, 0.05) is 48.3 Å². The molecule has 58 heavy (non-hydrogen) atoms. The van der Waals surface area contributed by atoms with Crippen LogP contribution in [0.3, 0.4) is 0 Å². The average Bonchev–Trinajstić information content (AvgIpc) is 3.99. The molecule has 3 unspecified atom stereocenters. The number of rotatable bonds is 5. The van der Waals surface area contributed by atoms with Crippen LogP contribution in [0.4, 0.5) is 0 Å². The summed E-state index contributed by atoms with van der Waals surface area (Å²) >= 11 is 1.90. The summed E-state index contributed by atoms with van der Waals surface area (Å²) in [7, 11) is 0. The highest BCUT2D eigenvalue weighted by Gasteiger charge is 2.35. The number of para-hydroxylation sites is 2. The molecule has 278 valence electrons. The van der Waals surface area contributed by atoms with Crippen LogP contribution in [0.1, 0.15) is 59.2 Å². The first-order valence-corrected chi connectivity index (χ1v) is 21.2. The zero-order valence-corrected chi connectivity index (χ0v) is 33.1. The highest BCUT2D eigenvalue weighted by Crippen LogP contribution is 2.55. The summed E-state index contributed by atoms with van der Waals surface area (Å²) in [5, 5.41) is 5.84. The third-order valence-corrected chi connectivity index (χ3v) is 13.8. The second-order valence-corrected chi connectivity index (χ2v) is 17.2. The summed E-state index contributed by atoms with van der Waals surface area (Å²) in [5.74, 6) is 2.73. The smallest absolute Gasteiger partial charge is 0.137 e. The minimum absolute atomic E-state index is 0.190. The molecular formula is C54H39NO2S. The minimum Gasteiger partial charge on any atom is -0.456 e. The van der Waals surface area contributed by atoms with Crippen molar-refractivity contribution in [3.05, 3.63) is 185 Å². The molecule has 3 heterocycles. The van der Waals surface area contributed by atoms with Crippen molar-refractivity contribution in [3.8, 4) is 28.3 Å². The number of aromatic nitrogens is 1. The molecule has 0 spiro atoms. The Hall–Kier alpha value is -6.62. The van der Waals surface area contributed by atoms with Crippen molar-refractivity contribution in [2.75, 3.05) is 0 Å². The van der Waals surface area contributed by atoms with Crippen LogP contribution in [0, 0.1) is 5.92 Å². The van der Waals surface area contributed by atoms with Gasteiger partial charge in [-0.15, -0.1) is 11.3 Å². The van der Waals surface area contributed by atoms with E-state index in [-0.39, 0.29) is 11.8 Å². The summed E-state index contributed by atoms with van der Waals surface area (Å²) < 4.78 is 17.1. The minimum atomic E-state index is 0.190. The standard InChI is InChI=1S/C54H39NO2S/c1-32-12-9-17-37-43-30-34(25-29-51(43)58-50(37)28-24-32)33(2)52-38-14-3-4-15-39(38)53-41(52)18-10-22-48(53)57-49-23-11-20-45-54(49)40-16-5-7-19-44(40)55(45)35-26-27-47-42(31-35)36-13-6-8-21-46(36)56-47/h3-11,13-33,52H,12H2,1-2H3. The van der Waals surface area contributed by atoms with Gasteiger partial charge < -0.3 is 13.7 Å². The maximum atomic E-state index is 7.20. The molecule has 0 saturated heterocycles. The van der Waals surface area contributed by atoms with E-state index in [9.17, 15) is 0 Å². The van der Waals surface area contributed by atoms with Crippen molar-refractivity contribution in [1.82, 2.24) is 4.57 Å². The number of thiophene rings is 1. The molecule has 3 atom stereocenters. The molecule has 3 nitrogen and oxygen atoms in total. The fourth-order valence-electron chi connectivity index (χ4n) is 9.86. The van der Waals surface area contributed by atoms with Crippen LogP contribution in [0.5, 0.6) is 11.5 Å². The van der Waals surface area contributed by atoms with Crippen LogP contribution in [-0.4, -0.2) is 4.57 Å². The van der Waals surface area contributed by atoms with E-state index in [1.165, 1.54) is 48.3 Å². The lowest BCUT2D eigenvalue weighted by molar-refractivity contribution is 0.490. The lowest BCUT2D eigenvalue weighted by Gasteiger charge is -2.23. The maximum absolute atomic E-state index is 7.20. The summed E-state index contributed by atoms with van der Waals surface area (Å²) in [4.78, 5) is 1.35. The van der Waals surface area contributed by atoms with Crippen LogP contribution in [0.15, 0.2) is 162 Å². The molecule has 4 heteroatoms. The van der Waals surface area contributed by atoms with E-state index < -0.39 is 0 Å². The Morgan fingerprint density at radius 3 is 2.40 bits per heavy atom. The first-order valence-electron chi connectivity index (χ1n) is 20.3. The predicted octanol–water partition coefficient (Wildman–Crippen LogP) is 15.7. The number of hydrogen-bond acceptors (Lipinski definition) is 3. The van der Waals surface area contributed by atoms with E-state index in [1.54, 1.807) is 0 Å². The zero-order valence-electron chi connectivity index (χ0n) is 32.3. The Balaban J connectivity index is 0.973. The van der Waals surface area contributed by atoms with E-state index in [0.29, 0.717) is 5.92 Å². The Kier molecular flexibility index (Phi) is 7.49. The van der Waals surface area contributed by atoms with Crippen molar-refractivity contribution >= 4 is 77.3 Å². The Bertz CT molecular complexity index is 3350. The molecular weight excluding hydrogens is 727 g/mol. The molecule has 2 aliphatic rings. The van der Waals surface area contributed by atoms with E-state index >= 15 is 0 Å². The van der Waals surface area contributed by atoms with Crippen LogP contribution < -0.4 is 4.74 Å². The molecule has 0 fully saturated rings. The van der Waals surface area contributed by atoms with E-state index in [1.807, 2.05) is 23.5 Å². The number of ether oxygens (including phenoxy) is 1. The predicted molar refractivity (Wildman–Crippen MR) is 244 cm³/mol. The van der Waals surface area contributed by atoms with Gasteiger partial charge >= 0.3 is 0 Å². The molecule has 7 aromatic carbocycles. The van der Waals surface area contributed by atoms with Gasteiger partial charge in [0.25, 0.3) is 0 Å². The highest BCUT2D eigenvalue weighted by molar-refractivity contribution is 7.20. The maximum Gasteiger partial charge on any atom is 0.137 e. The van der Waals surface area contributed by atoms with Crippen LogP contribution in [-0.2, 0) is 0 Å². The summed E-state index contributed by atoms with van der Waals surface area (Å²) in [6, 6.07) is 52.6. The molecule has 0 radical (unpaired) electrons. The fourth-order valence-corrected chi connectivity index (χ4v) is 10.9. The molecule has 2 aliphatic carbocycles. The monoisotopic (exact) mass is 765 g/mol. The van der Waals surface area contributed by atoms with Crippen molar-refractivity contribution in [1.29, 1.82) is 0 Å². The van der Waals surface area contributed by atoms with Gasteiger partial charge in [-0.3, -0.25) is 0 Å². The zero-order chi connectivity index (χ0) is 38.5. The van der Waals surface area contributed by atoms with Crippen LogP contribution >= 0.6 is 11.3 Å². The number of nitrogens with zero attached hydrogens (tertiary/aromatic N) is 1. The Labute approximate surface area is 340 Å². The van der Waals surface area contributed by atoms with Crippen LogP contribution in [0.25, 0.3) is 82.8 Å².